The Hall–Kier alpha value is -1.51. The summed E-state index contributed by atoms with van der Waals surface area (Å²) >= 11 is 6.39. The second-order valence-corrected chi connectivity index (χ2v) is 5.72. The van der Waals surface area contributed by atoms with Crippen molar-refractivity contribution >= 4 is 23.5 Å². The van der Waals surface area contributed by atoms with Gasteiger partial charge in [-0.05, 0) is 29.6 Å². The first-order valence-corrected chi connectivity index (χ1v) is 7.24. The summed E-state index contributed by atoms with van der Waals surface area (Å²) in [5.41, 5.74) is -0.302. The largest absolute Gasteiger partial charge is 0.408 e. The molecule has 2 aromatic rings. The van der Waals surface area contributed by atoms with Crippen LogP contribution in [0.25, 0.3) is 0 Å². The molecule has 118 valence electrons. The van der Waals surface area contributed by atoms with Gasteiger partial charge in [-0.25, -0.2) is 9.71 Å². The zero-order valence-corrected chi connectivity index (χ0v) is 12.8. The maximum absolute atomic E-state index is 13.2. The summed E-state index contributed by atoms with van der Waals surface area (Å²) in [6.45, 7) is 0. The highest BCUT2D eigenvalue weighted by atomic mass is 35.5. The predicted octanol–water partition coefficient (Wildman–Crippen LogP) is 3.33. The van der Waals surface area contributed by atoms with Gasteiger partial charge in [0.1, 0.15) is 11.1 Å². The van der Waals surface area contributed by atoms with Gasteiger partial charge >= 0.3 is 6.18 Å². The Morgan fingerprint density at radius 1 is 1.32 bits per heavy atom. The molecule has 0 saturated carbocycles. The van der Waals surface area contributed by atoms with Gasteiger partial charge in [0.15, 0.2) is 0 Å². The van der Waals surface area contributed by atoms with Crippen molar-refractivity contribution < 1.29 is 13.2 Å². The molecule has 22 heavy (non-hydrogen) atoms. The molecular formula is C13H11ClF3N3OS. The van der Waals surface area contributed by atoms with Crippen LogP contribution >= 0.6 is 23.5 Å². The smallest absolute Gasteiger partial charge is 0.315 e. The van der Waals surface area contributed by atoms with Crippen LogP contribution in [0.5, 0.6) is 0 Å². The number of hydrogen-bond acceptors (Lipinski definition) is 4. The van der Waals surface area contributed by atoms with Crippen molar-refractivity contribution in [2.45, 2.75) is 17.2 Å². The molecule has 1 heterocycles. The van der Waals surface area contributed by atoms with Crippen molar-refractivity contribution in [1.82, 2.24) is 14.3 Å². The summed E-state index contributed by atoms with van der Waals surface area (Å²) in [6, 6.07) is 3.53. The first-order valence-electron chi connectivity index (χ1n) is 6.04. The van der Waals surface area contributed by atoms with Crippen LogP contribution in [0.2, 0.25) is 5.02 Å². The summed E-state index contributed by atoms with van der Waals surface area (Å²) in [5.74, 6) is 0. The van der Waals surface area contributed by atoms with E-state index in [4.69, 9.17) is 11.6 Å². The molecule has 4 nitrogen and oxygen atoms in total. The average Bonchev–Trinajstić information content (AvgIpc) is 2.43. The number of alkyl halides is 3. The molecule has 1 atom stereocenters. The molecule has 1 N–H and O–H groups in total. The van der Waals surface area contributed by atoms with Crippen LogP contribution in [-0.2, 0) is 7.05 Å². The van der Waals surface area contributed by atoms with Crippen molar-refractivity contribution in [3.8, 4) is 0 Å². The quantitative estimate of drug-likeness (QED) is 0.860. The van der Waals surface area contributed by atoms with Gasteiger partial charge in [-0.3, -0.25) is 4.79 Å². The summed E-state index contributed by atoms with van der Waals surface area (Å²) in [4.78, 5) is 15.0. The number of nitrogens with zero attached hydrogens (tertiary/aromatic N) is 2. The highest BCUT2D eigenvalue weighted by molar-refractivity contribution is 7.97. The van der Waals surface area contributed by atoms with Crippen molar-refractivity contribution in [2.24, 2.45) is 7.05 Å². The SMILES string of the molecule is Cn1cc(SN[C@H](c2ccc(Cl)cc2)C(F)(F)F)ncc1=O. The number of halogens is 4. The summed E-state index contributed by atoms with van der Waals surface area (Å²) in [7, 11) is 1.49. The van der Waals surface area contributed by atoms with Gasteiger partial charge in [0.05, 0.1) is 6.20 Å². The van der Waals surface area contributed by atoms with E-state index in [2.05, 4.69) is 9.71 Å². The van der Waals surface area contributed by atoms with E-state index in [1.165, 1.54) is 42.1 Å². The number of nitrogens with one attached hydrogen (secondary N) is 1. The van der Waals surface area contributed by atoms with Gasteiger partial charge in [-0.1, -0.05) is 23.7 Å². The van der Waals surface area contributed by atoms with Gasteiger partial charge < -0.3 is 4.57 Å². The molecule has 2 rings (SSSR count). The van der Waals surface area contributed by atoms with Crippen molar-refractivity contribution in [3.63, 3.8) is 0 Å². The third-order valence-corrected chi connectivity index (χ3v) is 3.79. The molecule has 0 radical (unpaired) electrons. The van der Waals surface area contributed by atoms with Crippen LogP contribution < -0.4 is 10.3 Å². The fourth-order valence-electron chi connectivity index (χ4n) is 1.62. The lowest BCUT2D eigenvalue weighted by molar-refractivity contribution is -0.152. The predicted molar refractivity (Wildman–Crippen MR) is 78.7 cm³/mol. The minimum absolute atomic E-state index is 0.0363. The average molecular weight is 350 g/mol. The number of benzene rings is 1. The minimum atomic E-state index is -4.48. The molecule has 0 aliphatic carbocycles. The molecule has 0 spiro atoms. The Bertz CT molecular complexity index is 703. The van der Waals surface area contributed by atoms with Gasteiger partial charge in [0, 0.05) is 18.3 Å². The lowest BCUT2D eigenvalue weighted by atomic mass is 10.1. The zero-order chi connectivity index (χ0) is 16.3. The van der Waals surface area contributed by atoms with Crippen LogP contribution in [0.1, 0.15) is 11.6 Å². The van der Waals surface area contributed by atoms with Crippen molar-refractivity contribution in [3.05, 3.63) is 57.6 Å². The lowest BCUT2D eigenvalue weighted by Crippen LogP contribution is -2.30. The molecule has 0 amide bonds. The summed E-state index contributed by atoms with van der Waals surface area (Å²) in [5, 5.41) is 0.613. The van der Waals surface area contributed by atoms with Crippen LogP contribution in [0.3, 0.4) is 0 Å². The van der Waals surface area contributed by atoms with Gasteiger partial charge in [0.2, 0.25) is 0 Å². The first-order chi connectivity index (χ1) is 10.3. The van der Waals surface area contributed by atoms with Crippen molar-refractivity contribution in [2.75, 3.05) is 0 Å². The van der Waals surface area contributed by atoms with E-state index in [1.807, 2.05) is 0 Å². The molecule has 0 fully saturated rings. The Kier molecular flexibility index (Phi) is 5.15. The standard InChI is InChI=1S/C13H11ClF3N3OS/c1-20-7-10(18-6-11(20)21)22-19-12(13(15,16)17)8-2-4-9(14)5-3-8/h2-7,12,19H,1H3/t12-/m1/s1. The van der Waals surface area contributed by atoms with Crippen LogP contribution in [-0.4, -0.2) is 15.7 Å². The molecule has 1 aromatic carbocycles. The van der Waals surface area contributed by atoms with Gasteiger partial charge in [0.25, 0.3) is 5.56 Å². The monoisotopic (exact) mass is 349 g/mol. The topological polar surface area (TPSA) is 46.9 Å². The highest BCUT2D eigenvalue weighted by Crippen LogP contribution is 2.35. The van der Waals surface area contributed by atoms with Crippen LogP contribution in [0.15, 0.2) is 46.5 Å². The summed E-state index contributed by atoms with van der Waals surface area (Å²) < 4.78 is 43.1. The van der Waals surface area contributed by atoms with E-state index in [-0.39, 0.29) is 16.1 Å². The first kappa shape index (κ1) is 16.9. The van der Waals surface area contributed by atoms with Crippen molar-refractivity contribution in [1.29, 1.82) is 0 Å². The third kappa shape index (κ3) is 4.25. The van der Waals surface area contributed by atoms with E-state index in [1.54, 1.807) is 0 Å². The summed E-state index contributed by atoms with van der Waals surface area (Å²) in [6.07, 6.45) is -2.08. The zero-order valence-electron chi connectivity index (χ0n) is 11.3. The Balaban J connectivity index is 2.18. The van der Waals surface area contributed by atoms with Crippen LogP contribution in [0, 0.1) is 0 Å². The maximum atomic E-state index is 13.2. The lowest BCUT2D eigenvalue weighted by Gasteiger charge is -2.21. The molecule has 0 aliphatic heterocycles. The normalized spacial score (nSPS) is 13.1. The number of aromatic nitrogens is 2. The number of rotatable bonds is 4. The van der Waals surface area contributed by atoms with Gasteiger partial charge in [-0.2, -0.15) is 13.2 Å². The fraction of sp³-hybridized carbons (Fsp3) is 0.231. The van der Waals surface area contributed by atoms with Gasteiger partial charge in [-0.15, -0.1) is 0 Å². The Labute approximate surface area is 133 Å². The van der Waals surface area contributed by atoms with E-state index in [9.17, 15) is 18.0 Å². The molecule has 0 aliphatic rings. The molecule has 1 aromatic heterocycles. The van der Waals surface area contributed by atoms with E-state index >= 15 is 0 Å². The third-order valence-electron chi connectivity index (χ3n) is 2.77. The number of hydrogen-bond donors (Lipinski definition) is 1. The van der Waals surface area contributed by atoms with E-state index < -0.39 is 12.2 Å². The second kappa shape index (κ2) is 6.72. The molecule has 9 heteroatoms. The Morgan fingerprint density at radius 3 is 2.50 bits per heavy atom. The minimum Gasteiger partial charge on any atom is -0.315 e. The molecule has 0 unspecified atom stereocenters. The number of aryl methyl sites for hydroxylation is 1. The maximum Gasteiger partial charge on any atom is 0.408 e. The van der Waals surface area contributed by atoms with E-state index in [0.29, 0.717) is 17.0 Å². The van der Waals surface area contributed by atoms with E-state index in [0.717, 1.165) is 6.20 Å². The Morgan fingerprint density at radius 2 is 1.95 bits per heavy atom. The second-order valence-electron chi connectivity index (χ2n) is 4.42. The molecule has 0 saturated heterocycles. The fourth-order valence-corrected chi connectivity index (χ4v) is 2.57. The highest BCUT2D eigenvalue weighted by Gasteiger charge is 2.40. The molecular weight excluding hydrogens is 339 g/mol. The van der Waals surface area contributed by atoms with Crippen LogP contribution in [0.4, 0.5) is 13.2 Å². The molecule has 0 bridgehead atoms.